The fourth-order valence-corrected chi connectivity index (χ4v) is 2.56. The van der Waals surface area contributed by atoms with Gasteiger partial charge < -0.3 is 11.5 Å². The number of rotatable bonds is 3. The maximum Gasteiger partial charge on any atom is 0.371 e. The van der Waals surface area contributed by atoms with E-state index < -0.39 is 6.03 Å². The lowest BCUT2D eigenvalue weighted by atomic mass is 10.2. The number of aliphatic imine (C=N–C) groups is 3. The number of halogens is 1. The molecule has 4 N–H and O–H groups in total. The SMILES string of the molecule is NC(=N/C(=N/C(=O)/N=C(\N)c1ccccc1)c1ccc(Cl)cc1)c1ccccc1. The number of nitrogens with zero attached hydrogens (tertiary/aromatic N) is 3. The van der Waals surface area contributed by atoms with Crippen LogP contribution in [0.5, 0.6) is 0 Å². The third-order valence-corrected chi connectivity index (χ3v) is 4.14. The lowest BCUT2D eigenvalue weighted by Crippen LogP contribution is -2.17. The Morgan fingerprint density at radius 2 is 1.10 bits per heavy atom. The van der Waals surface area contributed by atoms with Crippen molar-refractivity contribution in [3.8, 4) is 0 Å². The first-order valence-electron chi connectivity index (χ1n) is 8.70. The zero-order valence-electron chi connectivity index (χ0n) is 15.4. The maximum atomic E-state index is 12.4. The Morgan fingerprint density at radius 1 is 0.621 bits per heavy atom. The van der Waals surface area contributed by atoms with Crippen LogP contribution in [0.15, 0.2) is 99.9 Å². The number of amidine groups is 3. The molecule has 0 saturated carbocycles. The van der Waals surface area contributed by atoms with E-state index >= 15 is 0 Å². The van der Waals surface area contributed by atoms with Crippen molar-refractivity contribution in [2.45, 2.75) is 0 Å². The minimum atomic E-state index is -0.791. The van der Waals surface area contributed by atoms with E-state index in [1.165, 1.54) is 0 Å². The van der Waals surface area contributed by atoms with Crippen LogP contribution in [0.1, 0.15) is 16.7 Å². The molecule has 144 valence electrons. The summed E-state index contributed by atoms with van der Waals surface area (Å²) in [6, 6.07) is 24.1. The number of carbonyl (C=O) groups excluding carboxylic acids is 1. The van der Waals surface area contributed by atoms with Crippen molar-refractivity contribution in [1.82, 2.24) is 0 Å². The minimum Gasteiger partial charge on any atom is -0.383 e. The van der Waals surface area contributed by atoms with E-state index in [4.69, 9.17) is 23.1 Å². The second kappa shape index (κ2) is 9.43. The van der Waals surface area contributed by atoms with E-state index in [2.05, 4.69) is 15.0 Å². The zero-order valence-corrected chi connectivity index (χ0v) is 16.1. The quantitative estimate of drug-likeness (QED) is 0.509. The molecule has 7 heteroatoms. The highest BCUT2D eigenvalue weighted by atomic mass is 35.5. The first-order valence-corrected chi connectivity index (χ1v) is 9.08. The molecule has 0 aliphatic carbocycles. The van der Waals surface area contributed by atoms with Crippen LogP contribution in [0.4, 0.5) is 4.79 Å². The van der Waals surface area contributed by atoms with Crippen molar-refractivity contribution in [3.63, 3.8) is 0 Å². The predicted octanol–water partition coefficient (Wildman–Crippen LogP) is 4.02. The highest BCUT2D eigenvalue weighted by Gasteiger charge is 2.09. The summed E-state index contributed by atoms with van der Waals surface area (Å²) in [5.74, 6) is 0.388. The van der Waals surface area contributed by atoms with Gasteiger partial charge in [-0.15, -0.1) is 0 Å². The lowest BCUT2D eigenvalue weighted by Gasteiger charge is -2.05. The highest BCUT2D eigenvalue weighted by Crippen LogP contribution is 2.12. The molecule has 29 heavy (non-hydrogen) atoms. The Morgan fingerprint density at radius 3 is 1.62 bits per heavy atom. The molecular weight excluding hydrogens is 386 g/mol. The van der Waals surface area contributed by atoms with Crippen molar-refractivity contribution in [3.05, 3.63) is 107 Å². The van der Waals surface area contributed by atoms with Gasteiger partial charge in [0.15, 0.2) is 5.84 Å². The average molecular weight is 404 g/mol. The number of nitrogens with two attached hydrogens (primary N) is 2. The van der Waals surface area contributed by atoms with E-state index in [1.54, 1.807) is 48.5 Å². The van der Waals surface area contributed by atoms with Gasteiger partial charge in [-0.25, -0.2) is 9.79 Å². The van der Waals surface area contributed by atoms with Gasteiger partial charge in [-0.1, -0.05) is 72.3 Å². The van der Waals surface area contributed by atoms with Crippen molar-refractivity contribution in [2.75, 3.05) is 0 Å². The summed E-state index contributed by atoms with van der Waals surface area (Å²) in [7, 11) is 0. The largest absolute Gasteiger partial charge is 0.383 e. The summed E-state index contributed by atoms with van der Waals surface area (Å²) >= 11 is 5.95. The number of amides is 2. The summed E-state index contributed by atoms with van der Waals surface area (Å²) in [6.45, 7) is 0. The van der Waals surface area contributed by atoms with Gasteiger partial charge in [-0.05, 0) is 24.3 Å². The number of benzene rings is 3. The smallest absolute Gasteiger partial charge is 0.371 e. The van der Waals surface area contributed by atoms with Crippen molar-refractivity contribution >= 4 is 35.1 Å². The van der Waals surface area contributed by atoms with E-state index in [-0.39, 0.29) is 17.5 Å². The van der Waals surface area contributed by atoms with Crippen LogP contribution in [0.2, 0.25) is 5.02 Å². The van der Waals surface area contributed by atoms with Crippen LogP contribution in [-0.2, 0) is 0 Å². The van der Waals surface area contributed by atoms with Gasteiger partial charge in [-0.2, -0.15) is 9.98 Å². The van der Waals surface area contributed by atoms with Gasteiger partial charge in [0.1, 0.15) is 11.7 Å². The number of hydrogen-bond acceptors (Lipinski definition) is 1. The third kappa shape index (κ3) is 5.60. The Bertz CT molecular complexity index is 1080. The van der Waals surface area contributed by atoms with E-state index in [9.17, 15) is 4.79 Å². The van der Waals surface area contributed by atoms with Crippen molar-refractivity contribution in [1.29, 1.82) is 0 Å². The van der Waals surface area contributed by atoms with E-state index in [0.29, 0.717) is 21.7 Å². The molecule has 2 amide bonds. The summed E-state index contributed by atoms with van der Waals surface area (Å²) in [5.41, 5.74) is 13.9. The Labute approximate surface area is 173 Å². The standard InChI is InChI=1S/C22H18ClN5O/c23-18-13-11-17(12-14-18)21(26-19(24)15-7-3-1-4-8-15)28-22(29)27-20(25)16-9-5-2-6-10-16/h1-14H,(H4,24,25,26,27,28,29). The fraction of sp³-hybridized carbons (Fsp3) is 0. The van der Waals surface area contributed by atoms with Crippen LogP contribution in [-0.4, -0.2) is 23.5 Å². The Kier molecular flexibility index (Phi) is 6.50. The molecule has 3 rings (SSSR count). The molecule has 0 fully saturated rings. The van der Waals surface area contributed by atoms with E-state index in [1.807, 2.05) is 36.4 Å². The summed E-state index contributed by atoms with van der Waals surface area (Å²) in [6.07, 6.45) is 0. The number of hydrogen-bond donors (Lipinski definition) is 2. The van der Waals surface area contributed by atoms with Crippen LogP contribution in [0.3, 0.4) is 0 Å². The molecule has 0 saturated heterocycles. The molecule has 6 nitrogen and oxygen atoms in total. The first-order chi connectivity index (χ1) is 14.0. The van der Waals surface area contributed by atoms with Crippen LogP contribution in [0, 0.1) is 0 Å². The summed E-state index contributed by atoms with van der Waals surface area (Å²) in [5, 5.41) is 0.547. The number of carbonyl (C=O) groups is 1. The van der Waals surface area contributed by atoms with Gasteiger partial charge >= 0.3 is 6.03 Å². The van der Waals surface area contributed by atoms with Crippen molar-refractivity contribution in [2.24, 2.45) is 26.4 Å². The molecule has 0 bridgehead atoms. The molecule has 3 aromatic rings. The molecule has 0 radical (unpaired) electrons. The van der Waals surface area contributed by atoms with Crippen LogP contribution >= 0.6 is 11.6 Å². The van der Waals surface area contributed by atoms with Crippen LogP contribution in [0.25, 0.3) is 0 Å². The second-order valence-corrected chi connectivity index (χ2v) is 6.39. The highest BCUT2D eigenvalue weighted by molar-refractivity contribution is 6.30. The second-order valence-electron chi connectivity index (χ2n) is 5.95. The molecule has 0 spiro atoms. The molecule has 0 heterocycles. The van der Waals surface area contributed by atoms with Crippen LogP contribution < -0.4 is 11.5 Å². The molecule has 0 atom stereocenters. The first kappa shape index (κ1) is 20.0. The third-order valence-electron chi connectivity index (χ3n) is 3.89. The molecule has 0 aliphatic heterocycles. The number of urea groups is 1. The minimum absolute atomic E-state index is 0.0646. The van der Waals surface area contributed by atoms with Gasteiger partial charge in [0.05, 0.1) is 0 Å². The van der Waals surface area contributed by atoms with Gasteiger partial charge in [0, 0.05) is 21.7 Å². The van der Waals surface area contributed by atoms with Crippen molar-refractivity contribution < 1.29 is 4.79 Å². The Balaban J connectivity index is 1.98. The summed E-state index contributed by atoms with van der Waals surface area (Å²) < 4.78 is 0. The Hall–Kier alpha value is -3.77. The maximum absolute atomic E-state index is 12.4. The molecule has 0 aromatic heterocycles. The van der Waals surface area contributed by atoms with Gasteiger partial charge in [0.25, 0.3) is 0 Å². The lowest BCUT2D eigenvalue weighted by molar-refractivity contribution is 0.257. The van der Waals surface area contributed by atoms with Gasteiger partial charge in [0.2, 0.25) is 0 Å². The molecule has 3 aromatic carbocycles. The fourth-order valence-electron chi connectivity index (χ4n) is 2.43. The zero-order chi connectivity index (χ0) is 20.6. The molecular formula is C22H18ClN5O. The average Bonchev–Trinajstić information content (AvgIpc) is 2.75. The normalized spacial score (nSPS) is 12.7. The predicted molar refractivity (Wildman–Crippen MR) is 118 cm³/mol. The van der Waals surface area contributed by atoms with E-state index in [0.717, 1.165) is 0 Å². The molecule has 0 unspecified atom stereocenters. The molecule has 0 aliphatic rings. The topological polar surface area (TPSA) is 106 Å². The monoisotopic (exact) mass is 403 g/mol. The summed E-state index contributed by atoms with van der Waals surface area (Å²) in [4.78, 5) is 24.6. The van der Waals surface area contributed by atoms with Gasteiger partial charge in [-0.3, -0.25) is 0 Å².